The van der Waals surface area contributed by atoms with Crippen LogP contribution in [-0.2, 0) is 0 Å². The maximum atomic E-state index is 5.44. The molecule has 1 aromatic carbocycles. The Morgan fingerprint density at radius 1 is 1.50 bits per heavy atom. The Balaban J connectivity index is 2.25. The number of hydrogen-bond donors (Lipinski definition) is 0. The lowest BCUT2D eigenvalue weighted by molar-refractivity contribution is 0.261. The van der Waals surface area contributed by atoms with E-state index in [1.54, 1.807) is 0 Å². The Morgan fingerprint density at radius 2 is 2.33 bits per heavy atom. The number of benzene rings is 1. The molecule has 2 heteroatoms. The van der Waals surface area contributed by atoms with Crippen molar-refractivity contribution in [2.24, 2.45) is 0 Å². The van der Waals surface area contributed by atoms with Gasteiger partial charge in [-0.05, 0) is 32.3 Å². The molecule has 0 N–H and O–H groups in total. The van der Waals surface area contributed by atoms with Crippen LogP contribution in [0.2, 0.25) is 0 Å². The van der Waals surface area contributed by atoms with E-state index in [9.17, 15) is 0 Å². The zero-order valence-electron chi connectivity index (χ0n) is 7.58. The fourth-order valence-electron chi connectivity index (χ4n) is 0.813. The lowest BCUT2D eigenvalue weighted by Crippen LogP contribution is -2.19. The molecular weight excluding hydrogens is 150 g/mol. The molecule has 12 heavy (non-hydrogen) atoms. The van der Waals surface area contributed by atoms with E-state index in [4.69, 9.17) is 4.74 Å². The molecule has 0 aliphatic carbocycles. The number of nitrogens with zero attached hydrogens (tertiary/aromatic N) is 1. The van der Waals surface area contributed by atoms with Gasteiger partial charge >= 0.3 is 0 Å². The second-order valence-electron chi connectivity index (χ2n) is 2.89. The van der Waals surface area contributed by atoms with Gasteiger partial charge < -0.3 is 9.64 Å². The van der Waals surface area contributed by atoms with Crippen LogP contribution in [0.4, 0.5) is 0 Å². The van der Waals surface area contributed by atoms with Gasteiger partial charge in [-0.15, -0.1) is 0 Å². The van der Waals surface area contributed by atoms with Gasteiger partial charge in [0.2, 0.25) is 0 Å². The molecule has 0 fully saturated rings. The summed E-state index contributed by atoms with van der Waals surface area (Å²) in [5.74, 6) is 0.888. The highest BCUT2D eigenvalue weighted by Crippen LogP contribution is 2.06. The average Bonchev–Trinajstić information content (AvgIpc) is 2.05. The highest BCUT2D eigenvalue weighted by Gasteiger charge is 1.92. The SMILES string of the molecule is CN(C)CCOc1c[c]ccc1. The molecule has 0 aliphatic rings. The van der Waals surface area contributed by atoms with E-state index in [1.165, 1.54) is 0 Å². The van der Waals surface area contributed by atoms with Crippen molar-refractivity contribution in [2.75, 3.05) is 27.2 Å². The Labute approximate surface area is 73.8 Å². The van der Waals surface area contributed by atoms with Gasteiger partial charge in [-0.25, -0.2) is 0 Å². The van der Waals surface area contributed by atoms with Gasteiger partial charge in [-0.2, -0.15) is 0 Å². The summed E-state index contributed by atoms with van der Waals surface area (Å²) in [5.41, 5.74) is 0. The Morgan fingerprint density at radius 3 is 2.92 bits per heavy atom. The van der Waals surface area contributed by atoms with E-state index in [1.807, 2.05) is 38.4 Å². The summed E-state index contributed by atoms with van der Waals surface area (Å²) >= 11 is 0. The van der Waals surface area contributed by atoms with Crippen LogP contribution in [-0.4, -0.2) is 32.1 Å². The predicted molar refractivity (Wildman–Crippen MR) is 49.3 cm³/mol. The molecule has 0 amide bonds. The molecule has 0 heterocycles. The molecule has 0 bridgehead atoms. The zero-order chi connectivity index (χ0) is 8.81. The van der Waals surface area contributed by atoms with Crippen LogP contribution in [0, 0.1) is 6.07 Å². The van der Waals surface area contributed by atoms with Crippen molar-refractivity contribution in [3.8, 4) is 5.75 Å². The molecule has 2 nitrogen and oxygen atoms in total. The molecule has 1 rings (SSSR count). The largest absolute Gasteiger partial charge is 0.492 e. The quantitative estimate of drug-likeness (QED) is 0.667. The minimum Gasteiger partial charge on any atom is -0.492 e. The predicted octanol–water partition coefficient (Wildman–Crippen LogP) is 1.43. The Hall–Kier alpha value is -1.02. The van der Waals surface area contributed by atoms with E-state index >= 15 is 0 Å². The van der Waals surface area contributed by atoms with Crippen molar-refractivity contribution in [1.29, 1.82) is 0 Å². The van der Waals surface area contributed by atoms with Crippen LogP contribution in [0.25, 0.3) is 0 Å². The van der Waals surface area contributed by atoms with Crippen LogP contribution in [0.15, 0.2) is 24.3 Å². The molecule has 0 aromatic heterocycles. The first-order valence-corrected chi connectivity index (χ1v) is 4.02. The average molecular weight is 164 g/mol. The van der Waals surface area contributed by atoms with Crippen LogP contribution in [0.3, 0.4) is 0 Å². The zero-order valence-corrected chi connectivity index (χ0v) is 7.58. The third kappa shape index (κ3) is 3.39. The third-order valence-corrected chi connectivity index (χ3v) is 1.49. The van der Waals surface area contributed by atoms with E-state index in [0.717, 1.165) is 18.9 Å². The third-order valence-electron chi connectivity index (χ3n) is 1.49. The van der Waals surface area contributed by atoms with E-state index in [2.05, 4.69) is 11.0 Å². The van der Waals surface area contributed by atoms with Gasteiger partial charge in [0.1, 0.15) is 12.4 Å². The minimum atomic E-state index is 0.727. The van der Waals surface area contributed by atoms with Crippen LogP contribution in [0.5, 0.6) is 5.75 Å². The molecule has 0 aliphatic heterocycles. The monoisotopic (exact) mass is 164 g/mol. The fraction of sp³-hybridized carbons (Fsp3) is 0.400. The summed E-state index contributed by atoms with van der Waals surface area (Å²) in [5, 5.41) is 0. The lowest BCUT2D eigenvalue weighted by Gasteiger charge is -2.10. The summed E-state index contributed by atoms with van der Waals surface area (Å²) in [6.45, 7) is 1.67. The van der Waals surface area contributed by atoms with Crippen molar-refractivity contribution in [3.05, 3.63) is 30.3 Å². The topological polar surface area (TPSA) is 12.5 Å². The van der Waals surface area contributed by atoms with Crippen molar-refractivity contribution < 1.29 is 4.74 Å². The highest BCUT2D eigenvalue weighted by molar-refractivity contribution is 5.19. The fourth-order valence-corrected chi connectivity index (χ4v) is 0.813. The number of rotatable bonds is 4. The summed E-state index contributed by atoms with van der Waals surface area (Å²) < 4.78 is 5.44. The normalized spacial score (nSPS) is 10.2. The maximum absolute atomic E-state index is 5.44. The summed E-state index contributed by atoms with van der Waals surface area (Å²) in [6.07, 6.45) is 0. The molecule has 0 unspecified atom stereocenters. The van der Waals surface area contributed by atoms with Gasteiger partial charge in [0.15, 0.2) is 0 Å². The van der Waals surface area contributed by atoms with Gasteiger partial charge in [0, 0.05) is 6.54 Å². The molecule has 0 saturated carbocycles. The van der Waals surface area contributed by atoms with Gasteiger partial charge in [-0.3, -0.25) is 0 Å². The summed E-state index contributed by atoms with van der Waals surface area (Å²) in [6, 6.07) is 10.5. The van der Waals surface area contributed by atoms with Crippen molar-refractivity contribution in [2.45, 2.75) is 0 Å². The van der Waals surface area contributed by atoms with Crippen LogP contribution >= 0.6 is 0 Å². The molecular formula is C10H14NO. The van der Waals surface area contributed by atoms with E-state index in [-0.39, 0.29) is 0 Å². The second-order valence-corrected chi connectivity index (χ2v) is 2.89. The highest BCUT2D eigenvalue weighted by atomic mass is 16.5. The molecule has 1 radical (unpaired) electrons. The first-order chi connectivity index (χ1) is 5.79. The summed E-state index contributed by atoms with van der Waals surface area (Å²) in [7, 11) is 4.06. The molecule has 0 saturated heterocycles. The Kier molecular flexibility index (Phi) is 3.61. The number of likely N-dealkylation sites (N-methyl/N-ethyl adjacent to an activating group) is 1. The minimum absolute atomic E-state index is 0.727. The standard InChI is InChI=1S/C10H14NO/c1-11(2)8-9-12-10-6-4-3-5-7-10/h3-4,6-7H,8-9H2,1-2H3. The smallest absolute Gasteiger partial charge is 0.119 e. The van der Waals surface area contributed by atoms with Gasteiger partial charge in [-0.1, -0.05) is 12.1 Å². The molecule has 0 atom stereocenters. The first-order valence-electron chi connectivity index (χ1n) is 4.02. The number of ether oxygens (including phenoxy) is 1. The maximum Gasteiger partial charge on any atom is 0.119 e. The van der Waals surface area contributed by atoms with Crippen molar-refractivity contribution in [3.63, 3.8) is 0 Å². The first kappa shape index (κ1) is 9.07. The summed E-state index contributed by atoms with van der Waals surface area (Å²) in [4.78, 5) is 2.09. The lowest BCUT2D eigenvalue weighted by atomic mass is 10.3. The van der Waals surface area contributed by atoms with Crippen molar-refractivity contribution in [1.82, 2.24) is 4.90 Å². The van der Waals surface area contributed by atoms with Crippen LogP contribution in [0.1, 0.15) is 0 Å². The van der Waals surface area contributed by atoms with Gasteiger partial charge in [0.05, 0.1) is 0 Å². The molecule has 1 aromatic rings. The second kappa shape index (κ2) is 4.78. The van der Waals surface area contributed by atoms with Gasteiger partial charge in [0.25, 0.3) is 0 Å². The van der Waals surface area contributed by atoms with Crippen molar-refractivity contribution >= 4 is 0 Å². The Bertz CT molecular complexity index is 208. The molecule has 65 valence electrons. The number of hydrogen-bond acceptors (Lipinski definition) is 2. The van der Waals surface area contributed by atoms with E-state index < -0.39 is 0 Å². The molecule has 0 spiro atoms. The van der Waals surface area contributed by atoms with E-state index in [0.29, 0.717) is 0 Å². The van der Waals surface area contributed by atoms with Crippen LogP contribution < -0.4 is 4.74 Å².